The molecule has 1 aromatic heterocycles. The van der Waals surface area contributed by atoms with Crippen molar-refractivity contribution in [3.8, 4) is 5.88 Å². The van der Waals surface area contributed by atoms with Gasteiger partial charge in [-0.05, 0) is 0 Å². The van der Waals surface area contributed by atoms with Crippen LogP contribution in [0, 0.1) is 0 Å². The summed E-state index contributed by atoms with van der Waals surface area (Å²) in [4.78, 5) is 10.2. The summed E-state index contributed by atoms with van der Waals surface area (Å²) >= 11 is 0. The van der Waals surface area contributed by atoms with Crippen LogP contribution in [-0.4, -0.2) is 28.0 Å². The van der Waals surface area contributed by atoms with E-state index in [2.05, 4.69) is 5.10 Å². The number of methoxy groups -OCH3 is 1. The lowest BCUT2D eigenvalue weighted by Crippen LogP contribution is -2.10. The largest absolute Gasteiger partial charge is 0.481 e. The third-order valence-electron chi connectivity index (χ3n) is 1.17. The van der Waals surface area contributed by atoms with Crippen molar-refractivity contribution in [1.29, 1.82) is 0 Å². The molecular weight excluding hydrogens is 148 g/mol. The molecule has 0 amide bonds. The molecule has 0 unspecified atom stereocenters. The zero-order chi connectivity index (χ0) is 8.27. The van der Waals surface area contributed by atoms with E-state index in [1.807, 2.05) is 0 Å². The summed E-state index contributed by atoms with van der Waals surface area (Å²) in [5.41, 5.74) is 0. The molecule has 0 saturated carbocycles. The molecular formula is C6H8N2O3. The van der Waals surface area contributed by atoms with Crippen molar-refractivity contribution in [2.45, 2.75) is 6.54 Å². The molecule has 1 N–H and O–H groups in total. The van der Waals surface area contributed by atoms with Crippen LogP contribution in [0.2, 0.25) is 0 Å². The average molecular weight is 156 g/mol. The SMILES string of the molecule is COc1ccnn1CC(=O)O. The fourth-order valence-electron chi connectivity index (χ4n) is 0.741. The Hall–Kier alpha value is -1.52. The Morgan fingerprint density at radius 3 is 3.18 bits per heavy atom. The first-order valence-corrected chi connectivity index (χ1v) is 3.01. The van der Waals surface area contributed by atoms with E-state index in [1.54, 1.807) is 6.07 Å². The summed E-state index contributed by atoms with van der Waals surface area (Å²) < 4.78 is 6.09. The molecule has 0 radical (unpaired) electrons. The highest BCUT2D eigenvalue weighted by molar-refractivity contribution is 5.66. The Kier molecular flexibility index (Phi) is 2.10. The Bertz CT molecular complexity index is 256. The van der Waals surface area contributed by atoms with Gasteiger partial charge < -0.3 is 9.84 Å². The Morgan fingerprint density at radius 2 is 2.64 bits per heavy atom. The maximum Gasteiger partial charge on any atom is 0.325 e. The van der Waals surface area contributed by atoms with Crippen molar-refractivity contribution in [3.63, 3.8) is 0 Å². The van der Waals surface area contributed by atoms with Gasteiger partial charge >= 0.3 is 5.97 Å². The van der Waals surface area contributed by atoms with Crippen LogP contribution in [0.1, 0.15) is 0 Å². The number of hydrogen-bond acceptors (Lipinski definition) is 3. The van der Waals surface area contributed by atoms with Crippen molar-refractivity contribution in [1.82, 2.24) is 9.78 Å². The zero-order valence-electron chi connectivity index (χ0n) is 6.02. The molecule has 60 valence electrons. The van der Waals surface area contributed by atoms with E-state index in [4.69, 9.17) is 9.84 Å². The standard InChI is InChI=1S/C6H8N2O3/c1-11-5-2-3-7-8(5)4-6(9)10/h2-3H,4H2,1H3,(H,9,10). The Labute approximate surface area is 63.2 Å². The fourth-order valence-corrected chi connectivity index (χ4v) is 0.741. The van der Waals surface area contributed by atoms with Crippen molar-refractivity contribution in [2.75, 3.05) is 7.11 Å². The molecule has 0 aliphatic heterocycles. The maximum atomic E-state index is 10.2. The molecule has 1 rings (SSSR count). The van der Waals surface area contributed by atoms with Gasteiger partial charge in [0.05, 0.1) is 13.3 Å². The molecule has 0 aromatic carbocycles. The number of aliphatic carboxylic acids is 1. The van der Waals surface area contributed by atoms with Gasteiger partial charge in [-0.2, -0.15) is 5.10 Å². The van der Waals surface area contributed by atoms with Crippen molar-refractivity contribution >= 4 is 5.97 Å². The number of carbonyl (C=O) groups is 1. The molecule has 0 bridgehead atoms. The van der Waals surface area contributed by atoms with Crippen LogP contribution < -0.4 is 4.74 Å². The highest BCUT2D eigenvalue weighted by atomic mass is 16.5. The van der Waals surface area contributed by atoms with Gasteiger partial charge in [0.2, 0.25) is 5.88 Å². The predicted molar refractivity (Wildman–Crippen MR) is 36.4 cm³/mol. The van der Waals surface area contributed by atoms with E-state index in [-0.39, 0.29) is 6.54 Å². The number of carboxylic acids is 1. The second-order valence-corrected chi connectivity index (χ2v) is 1.92. The third kappa shape index (κ3) is 1.70. The van der Waals surface area contributed by atoms with Crippen molar-refractivity contribution < 1.29 is 14.6 Å². The van der Waals surface area contributed by atoms with E-state index < -0.39 is 5.97 Å². The molecule has 0 aliphatic carbocycles. The third-order valence-corrected chi connectivity index (χ3v) is 1.17. The van der Waals surface area contributed by atoms with Crippen LogP contribution in [0.5, 0.6) is 5.88 Å². The summed E-state index contributed by atoms with van der Waals surface area (Å²) in [6.45, 7) is -0.170. The van der Waals surface area contributed by atoms with E-state index in [0.29, 0.717) is 5.88 Å². The highest BCUT2D eigenvalue weighted by Crippen LogP contribution is 2.06. The zero-order valence-corrected chi connectivity index (χ0v) is 6.02. The number of aromatic nitrogens is 2. The van der Waals surface area contributed by atoms with Crippen LogP contribution in [0.15, 0.2) is 12.3 Å². The number of nitrogens with zero attached hydrogens (tertiary/aromatic N) is 2. The highest BCUT2D eigenvalue weighted by Gasteiger charge is 2.04. The van der Waals surface area contributed by atoms with Gasteiger partial charge in [0.25, 0.3) is 0 Å². The maximum absolute atomic E-state index is 10.2. The minimum absolute atomic E-state index is 0.170. The van der Waals surface area contributed by atoms with Gasteiger partial charge in [0.1, 0.15) is 6.54 Å². The molecule has 0 spiro atoms. The lowest BCUT2D eigenvalue weighted by molar-refractivity contribution is -0.138. The van der Waals surface area contributed by atoms with Crippen LogP contribution in [0.4, 0.5) is 0 Å². The summed E-state index contributed by atoms with van der Waals surface area (Å²) in [7, 11) is 1.47. The molecule has 5 nitrogen and oxygen atoms in total. The number of ether oxygens (including phenoxy) is 1. The molecule has 11 heavy (non-hydrogen) atoms. The van der Waals surface area contributed by atoms with Crippen LogP contribution in [0.25, 0.3) is 0 Å². The Morgan fingerprint density at radius 1 is 1.91 bits per heavy atom. The quantitative estimate of drug-likeness (QED) is 0.667. The van der Waals surface area contributed by atoms with Gasteiger partial charge in [0.15, 0.2) is 0 Å². The molecule has 0 atom stereocenters. The molecule has 0 fully saturated rings. The second-order valence-electron chi connectivity index (χ2n) is 1.92. The summed E-state index contributed by atoms with van der Waals surface area (Å²) in [6, 6.07) is 1.60. The van der Waals surface area contributed by atoms with Gasteiger partial charge in [-0.1, -0.05) is 0 Å². The summed E-state index contributed by atoms with van der Waals surface area (Å²) in [6.07, 6.45) is 1.49. The first-order chi connectivity index (χ1) is 5.24. The minimum Gasteiger partial charge on any atom is -0.481 e. The van der Waals surface area contributed by atoms with Crippen molar-refractivity contribution in [2.24, 2.45) is 0 Å². The normalized spacial score (nSPS) is 9.55. The summed E-state index contributed by atoms with van der Waals surface area (Å²) in [5.74, 6) is -0.487. The molecule has 0 saturated heterocycles. The summed E-state index contributed by atoms with van der Waals surface area (Å²) in [5, 5.41) is 12.1. The van der Waals surface area contributed by atoms with E-state index in [0.717, 1.165) is 0 Å². The molecule has 1 aromatic rings. The lowest BCUT2D eigenvalue weighted by atomic mass is 10.6. The van der Waals surface area contributed by atoms with Gasteiger partial charge in [-0.15, -0.1) is 0 Å². The Balaban J connectivity index is 2.76. The average Bonchev–Trinajstić information content (AvgIpc) is 2.34. The first-order valence-electron chi connectivity index (χ1n) is 3.01. The molecule has 0 aliphatic rings. The lowest BCUT2D eigenvalue weighted by Gasteiger charge is -2.01. The van der Waals surface area contributed by atoms with Crippen LogP contribution >= 0.6 is 0 Å². The second kappa shape index (κ2) is 3.05. The van der Waals surface area contributed by atoms with Crippen LogP contribution in [0.3, 0.4) is 0 Å². The molecule has 1 heterocycles. The van der Waals surface area contributed by atoms with Gasteiger partial charge in [-0.3, -0.25) is 4.79 Å². The van der Waals surface area contributed by atoms with Gasteiger partial charge in [0, 0.05) is 6.07 Å². The topological polar surface area (TPSA) is 64.4 Å². The smallest absolute Gasteiger partial charge is 0.325 e. The van der Waals surface area contributed by atoms with E-state index in [1.165, 1.54) is 18.0 Å². The van der Waals surface area contributed by atoms with Crippen molar-refractivity contribution in [3.05, 3.63) is 12.3 Å². The number of carboxylic acid groups (broad SMARTS) is 1. The predicted octanol–water partition coefficient (Wildman–Crippen LogP) is -0.0237. The number of rotatable bonds is 3. The monoisotopic (exact) mass is 156 g/mol. The van der Waals surface area contributed by atoms with Gasteiger partial charge in [-0.25, -0.2) is 4.68 Å². The molecule has 5 heteroatoms. The van der Waals surface area contributed by atoms with E-state index in [9.17, 15) is 4.79 Å². The number of hydrogen-bond donors (Lipinski definition) is 1. The minimum atomic E-state index is -0.938. The fraction of sp³-hybridized carbons (Fsp3) is 0.333. The van der Waals surface area contributed by atoms with E-state index >= 15 is 0 Å². The first kappa shape index (κ1) is 7.59. The van der Waals surface area contributed by atoms with Crippen LogP contribution in [-0.2, 0) is 11.3 Å².